The number of para-hydroxylation sites is 1. The Morgan fingerprint density at radius 3 is 2.54 bits per heavy atom. The van der Waals surface area contributed by atoms with Crippen LogP contribution in [0.15, 0.2) is 41.3 Å². The van der Waals surface area contributed by atoms with Crippen LogP contribution < -0.4 is 5.32 Å². The van der Waals surface area contributed by atoms with E-state index in [0.29, 0.717) is 13.1 Å². The molecule has 1 fully saturated rings. The van der Waals surface area contributed by atoms with Crippen LogP contribution in [-0.2, 0) is 16.4 Å². The largest absolute Gasteiger partial charge is 0.321 e. The lowest BCUT2D eigenvalue weighted by molar-refractivity contribution is 0.102. The van der Waals surface area contributed by atoms with E-state index in [2.05, 4.69) is 5.32 Å². The number of amides is 1. The number of hydrogen-bond donors (Lipinski definition) is 1. The number of aryl methyl sites for hydroxylation is 2. The molecule has 150 valence electrons. The van der Waals surface area contributed by atoms with Crippen LogP contribution in [0, 0.1) is 6.92 Å². The maximum Gasteiger partial charge on any atom is 0.255 e. The summed E-state index contributed by atoms with van der Waals surface area (Å²) >= 11 is 6.20. The number of piperidine rings is 1. The molecule has 1 saturated heterocycles. The van der Waals surface area contributed by atoms with Gasteiger partial charge in [0.2, 0.25) is 10.0 Å². The van der Waals surface area contributed by atoms with Gasteiger partial charge in [0.05, 0.1) is 5.02 Å². The van der Waals surface area contributed by atoms with Crippen molar-refractivity contribution in [3.63, 3.8) is 0 Å². The third-order valence-corrected chi connectivity index (χ3v) is 7.48. The van der Waals surface area contributed by atoms with E-state index in [4.69, 9.17) is 11.6 Å². The predicted molar refractivity (Wildman–Crippen MR) is 113 cm³/mol. The fourth-order valence-corrected chi connectivity index (χ4v) is 5.49. The average molecular weight is 421 g/mol. The summed E-state index contributed by atoms with van der Waals surface area (Å²) in [5, 5.41) is 3.06. The zero-order valence-electron chi connectivity index (χ0n) is 16.2. The van der Waals surface area contributed by atoms with Gasteiger partial charge in [-0.05, 0) is 55.5 Å². The molecule has 0 saturated carbocycles. The number of benzene rings is 2. The molecule has 7 heteroatoms. The SMILES string of the molecule is CCc1cccc(C)c1NC(=O)c1ccc(Cl)c(S(=O)(=O)N2CCCCC2)c1. The number of halogens is 1. The van der Waals surface area contributed by atoms with Gasteiger partial charge in [0.15, 0.2) is 0 Å². The number of carbonyl (C=O) groups excluding carboxylic acids is 1. The van der Waals surface area contributed by atoms with Crippen molar-refractivity contribution in [2.24, 2.45) is 0 Å². The smallest absolute Gasteiger partial charge is 0.255 e. The van der Waals surface area contributed by atoms with E-state index in [1.807, 2.05) is 32.0 Å². The van der Waals surface area contributed by atoms with Crippen molar-refractivity contribution >= 4 is 33.2 Å². The normalized spacial score (nSPS) is 15.4. The molecule has 0 aliphatic carbocycles. The van der Waals surface area contributed by atoms with Gasteiger partial charge < -0.3 is 5.32 Å². The zero-order chi connectivity index (χ0) is 20.3. The van der Waals surface area contributed by atoms with Crippen LogP contribution in [0.1, 0.15) is 47.7 Å². The van der Waals surface area contributed by atoms with E-state index in [9.17, 15) is 13.2 Å². The Balaban J connectivity index is 1.92. The molecule has 0 unspecified atom stereocenters. The standard InChI is InChI=1S/C21H25ClN2O3S/c1-3-16-9-7-8-15(2)20(16)23-21(25)17-10-11-18(22)19(14-17)28(26,27)24-12-5-4-6-13-24/h7-11,14H,3-6,12-13H2,1-2H3,(H,23,25). The lowest BCUT2D eigenvalue weighted by Gasteiger charge is -2.26. The molecule has 1 heterocycles. The average Bonchev–Trinajstić information content (AvgIpc) is 2.70. The van der Waals surface area contributed by atoms with Crippen LogP contribution in [0.4, 0.5) is 5.69 Å². The summed E-state index contributed by atoms with van der Waals surface area (Å²) in [4.78, 5) is 12.8. The highest BCUT2D eigenvalue weighted by Crippen LogP contribution is 2.29. The quantitative estimate of drug-likeness (QED) is 0.766. The Kier molecular flexibility index (Phi) is 6.43. The molecule has 1 amide bonds. The molecule has 2 aromatic rings. The number of carbonyl (C=O) groups is 1. The molecule has 1 aliphatic rings. The molecule has 0 spiro atoms. The van der Waals surface area contributed by atoms with Gasteiger partial charge in [0.1, 0.15) is 4.90 Å². The third kappa shape index (κ3) is 4.24. The Bertz CT molecular complexity index is 983. The van der Waals surface area contributed by atoms with Crippen LogP contribution in [0.5, 0.6) is 0 Å². The van der Waals surface area contributed by atoms with Gasteiger partial charge in [-0.1, -0.05) is 43.1 Å². The van der Waals surface area contributed by atoms with Crippen molar-refractivity contribution < 1.29 is 13.2 Å². The maximum absolute atomic E-state index is 13.0. The molecule has 0 radical (unpaired) electrons. The van der Waals surface area contributed by atoms with Crippen LogP contribution in [-0.4, -0.2) is 31.7 Å². The van der Waals surface area contributed by atoms with Crippen LogP contribution >= 0.6 is 11.6 Å². The number of hydrogen-bond acceptors (Lipinski definition) is 3. The molecule has 0 aromatic heterocycles. The van der Waals surface area contributed by atoms with Gasteiger partial charge in [-0.3, -0.25) is 4.79 Å². The summed E-state index contributed by atoms with van der Waals surface area (Å²) < 4.78 is 27.5. The third-order valence-electron chi connectivity index (χ3n) is 5.10. The summed E-state index contributed by atoms with van der Waals surface area (Å²) in [6, 6.07) is 10.3. The number of nitrogens with one attached hydrogen (secondary N) is 1. The first-order valence-electron chi connectivity index (χ1n) is 9.54. The second-order valence-corrected chi connectivity index (χ2v) is 9.34. The summed E-state index contributed by atoms with van der Waals surface area (Å²) in [5.74, 6) is -0.351. The predicted octanol–water partition coefficient (Wildman–Crippen LogP) is 4.64. The van der Waals surface area contributed by atoms with Gasteiger partial charge in [0.25, 0.3) is 5.91 Å². The minimum Gasteiger partial charge on any atom is -0.321 e. The summed E-state index contributed by atoms with van der Waals surface area (Å²) in [7, 11) is -3.72. The fourth-order valence-electron chi connectivity index (χ4n) is 3.47. The zero-order valence-corrected chi connectivity index (χ0v) is 17.7. The van der Waals surface area contributed by atoms with Crippen LogP contribution in [0.25, 0.3) is 0 Å². The summed E-state index contributed by atoms with van der Waals surface area (Å²) in [5.41, 5.74) is 3.03. The highest BCUT2D eigenvalue weighted by atomic mass is 35.5. The maximum atomic E-state index is 13.0. The molecule has 1 aliphatic heterocycles. The molecule has 3 rings (SSSR count). The lowest BCUT2D eigenvalue weighted by atomic mass is 10.1. The molecular formula is C21H25ClN2O3S. The van der Waals surface area contributed by atoms with Crippen molar-refractivity contribution in [2.75, 3.05) is 18.4 Å². The number of anilines is 1. The minimum absolute atomic E-state index is 0.00999. The first kappa shape index (κ1) is 20.8. The number of nitrogens with zero attached hydrogens (tertiary/aromatic N) is 1. The minimum atomic E-state index is -3.72. The fraction of sp³-hybridized carbons (Fsp3) is 0.381. The van der Waals surface area contributed by atoms with Crippen LogP contribution in [0.2, 0.25) is 5.02 Å². The molecule has 28 heavy (non-hydrogen) atoms. The van der Waals surface area contributed by atoms with Crippen molar-refractivity contribution in [1.29, 1.82) is 0 Å². The Morgan fingerprint density at radius 1 is 1.14 bits per heavy atom. The first-order chi connectivity index (χ1) is 13.3. The highest BCUT2D eigenvalue weighted by Gasteiger charge is 2.28. The van der Waals surface area contributed by atoms with Gasteiger partial charge in [-0.25, -0.2) is 8.42 Å². The molecule has 0 atom stereocenters. The van der Waals surface area contributed by atoms with E-state index >= 15 is 0 Å². The second-order valence-electron chi connectivity index (χ2n) is 7.03. The van der Waals surface area contributed by atoms with Crippen molar-refractivity contribution in [3.05, 3.63) is 58.1 Å². The summed E-state index contributed by atoms with van der Waals surface area (Å²) in [6.07, 6.45) is 3.49. The monoisotopic (exact) mass is 420 g/mol. The van der Waals surface area contributed by atoms with E-state index < -0.39 is 10.0 Å². The van der Waals surface area contributed by atoms with Crippen LogP contribution in [0.3, 0.4) is 0 Å². The highest BCUT2D eigenvalue weighted by molar-refractivity contribution is 7.89. The van der Waals surface area contributed by atoms with Crippen molar-refractivity contribution in [3.8, 4) is 0 Å². The van der Waals surface area contributed by atoms with Gasteiger partial charge in [-0.15, -0.1) is 0 Å². The lowest BCUT2D eigenvalue weighted by Crippen LogP contribution is -2.35. The Hall–Kier alpha value is -1.89. The Labute approximate surface area is 171 Å². The van der Waals surface area contributed by atoms with E-state index in [1.54, 1.807) is 6.07 Å². The number of rotatable bonds is 5. The van der Waals surface area contributed by atoms with E-state index in [1.165, 1.54) is 16.4 Å². The van der Waals surface area contributed by atoms with Gasteiger partial charge >= 0.3 is 0 Å². The summed E-state index contributed by atoms with van der Waals surface area (Å²) in [6.45, 7) is 4.93. The molecule has 0 bridgehead atoms. The van der Waals surface area contributed by atoms with E-state index in [-0.39, 0.29) is 21.4 Å². The topological polar surface area (TPSA) is 66.5 Å². The van der Waals surface area contributed by atoms with Crippen molar-refractivity contribution in [2.45, 2.75) is 44.4 Å². The van der Waals surface area contributed by atoms with E-state index in [0.717, 1.165) is 42.5 Å². The number of sulfonamides is 1. The molecular weight excluding hydrogens is 396 g/mol. The molecule has 1 N–H and O–H groups in total. The molecule has 5 nitrogen and oxygen atoms in total. The van der Waals surface area contributed by atoms with Gasteiger partial charge in [-0.2, -0.15) is 4.31 Å². The molecule has 2 aromatic carbocycles. The Morgan fingerprint density at radius 2 is 1.86 bits per heavy atom. The first-order valence-corrected chi connectivity index (χ1v) is 11.4. The van der Waals surface area contributed by atoms with Gasteiger partial charge in [0, 0.05) is 24.3 Å². The second kappa shape index (κ2) is 8.64. The van der Waals surface area contributed by atoms with Crippen molar-refractivity contribution in [1.82, 2.24) is 4.31 Å².